The van der Waals surface area contributed by atoms with Crippen molar-refractivity contribution in [2.75, 3.05) is 13.1 Å². The summed E-state index contributed by atoms with van der Waals surface area (Å²) in [6, 6.07) is 11.7. The van der Waals surface area contributed by atoms with Crippen molar-refractivity contribution in [3.05, 3.63) is 58.6 Å². The Morgan fingerprint density at radius 2 is 1.54 bits per heavy atom. The maximum atomic E-state index is 12.6. The number of halogens is 1. The van der Waals surface area contributed by atoms with Crippen LogP contribution >= 0.6 is 11.6 Å². The van der Waals surface area contributed by atoms with Gasteiger partial charge in [0.1, 0.15) is 0 Å². The summed E-state index contributed by atoms with van der Waals surface area (Å²) >= 11 is 5.87. The zero-order valence-corrected chi connectivity index (χ0v) is 17.7. The van der Waals surface area contributed by atoms with Crippen LogP contribution in [0.3, 0.4) is 0 Å². The van der Waals surface area contributed by atoms with Crippen LogP contribution in [0.5, 0.6) is 11.5 Å². The van der Waals surface area contributed by atoms with E-state index in [1.165, 1.54) is 0 Å². The number of ether oxygens (including phenoxy) is 2. The fraction of sp³-hybridized carbons (Fsp3) is 0.364. The van der Waals surface area contributed by atoms with Crippen LogP contribution in [0.1, 0.15) is 50.5 Å². The SMILES string of the molecule is CCN(CC)C(=O)Oc1ccc(C(C)(C)C)cc1OC(=O)c1ccc(Cl)cc1. The van der Waals surface area contributed by atoms with E-state index in [9.17, 15) is 9.59 Å². The van der Waals surface area contributed by atoms with E-state index in [0.29, 0.717) is 23.7 Å². The summed E-state index contributed by atoms with van der Waals surface area (Å²) in [5, 5.41) is 0.528. The molecule has 2 rings (SSSR count). The normalized spacial score (nSPS) is 11.1. The van der Waals surface area contributed by atoms with Gasteiger partial charge in [-0.25, -0.2) is 9.59 Å². The fourth-order valence-corrected chi connectivity index (χ4v) is 2.65. The number of benzene rings is 2. The molecule has 0 aliphatic carbocycles. The number of rotatable bonds is 5. The Morgan fingerprint density at radius 3 is 2.07 bits per heavy atom. The second-order valence-corrected chi connectivity index (χ2v) is 7.78. The zero-order valence-electron chi connectivity index (χ0n) is 16.9. The van der Waals surface area contributed by atoms with E-state index >= 15 is 0 Å². The molecule has 0 atom stereocenters. The van der Waals surface area contributed by atoms with Gasteiger partial charge in [-0.05, 0) is 61.2 Å². The maximum absolute atomic E-state index is 12.6. The number of nitrogens with zero attached hydrogens (tertiary/aromatic N) is 1. The van der Waals surface area contributed by atoms with E-state index in [1.54, 1.807) is 41.3 Å². The Balaban J connectivity index is 2.36. The fourth-order valence-electron chi connectivity index (χ4n) is 2.52. The molecule has 0 aliphatic rings. The lowest BCUT2D eigenvalue weighted by molar-refractivity contribution is 0.0727. The first kappa shape index (κ1) is 21.8. The summed E-state index contributed by atoms with van der Waals surface area (Å²) < 4.78 is 11.1. The molecule has 0 fully saturated rings. The second kappa shape index (κ2) is 9.11. The summed E-state index contributed by atoms with van der Waals surface area (Å²) in [6.45, 7) is 10.9. The Bertz CT molecular complexity index is 837. The largest absolute Gasteiger partial charge is 0.419 e. The molecule has 6 heteroatoms. The van der Waals surface area contributed by atoms with E-state index < -0.39 is 12.1 Å². The van der Waals surface area contributed by atoms with Crippen LogP contribution in [-0.4, -0.2) is 30.1 Å². The third-order valence-electron chi connectivity index (χ3n) is 4.31. The Hall–Kier alpha value is -2.53. The highest BCUT2D eigenvalue weighted by Gasteiger charge is 2.21. The molecule has 0 unspecified atom stereocenters. The van der Waals surface area contributed by atoms with Gasteiger partial charge < -0.3 is 14.4 Å². The molecule has 28 heavy (non-hydrogen) atoms. The molecular formula is C22H26ClNO4. The van der Waals surface area contributed by atoms with Crippen molar-refractivity contribution in [3.8, 4) is 11.5 Å². The lowest BCUT2D eigenvalue weighted by Gasteiger charge is -2.22. The summed E-state index contributed by atoms with van der Waals surface area (Å²) in [5.41, 5.74) is 1.14. The van der Waals surface area contributed by atoms with Gasteiger partial charge in [-0.1, -0.05) is 38.4 Å². The highest BCUT2D eigenvalue weighted by atomic mass is 35.5. The number of esters is 1. The minimum atomic E-state index is -0.553. The van der Waals surface area contributed by atoms with E-state index in [-0.39, 0.29) is 16.9 Å². The predicted molar refractivity (Wildman–Crippen MR) is 110 cm³/mol. The van der Waals surface area contributed by atoms with Crippen molar-refractivity contribution in [1.29, 1.82) is 0 Å². The van der Waals surface area contributed by atoms with Gasteiger partial charge in [0.25, 0.3) is 0 Å². The van der Waals surface area contributed by atoms with E-state index in [1.807, 2.05) is 19.9 Å². The molecule has 0 aromatic heterocycles. The van der Waals surface area contributed by atoms with Crippen LogP contribution in [0.4, 0.5) is 4.79 Å². The highest BCUT2D eigenvalue weighted by Crippen LogP contribution is 2.34. The molecule has 150 valence electrons. The van der Waals surface area contributed by atoms with E-state index in [4.69, 9.17) is 21.1 Å². The third-order valence-corrected chi connectivity index (χ3v) is 4.56. The quantitative estimate of drug-likeness (QED) is 0.474. The average molecular weight is 404 g/mol. The predicted octanol–water partition coefficient (Wildman–Crippen LogP) is 5.70. The van der Waals surface area contributed by atoms with Crippen LogP contribution in [0.15, 0.2) is 42.5 Å². The molecule has 0 heterocycles. The summed E-state index contributed by atoms with van der Waals surface area (Å²) in [6.07, 6.45) is -0.489. The van der Waals surface area contributed by atoms with Crippen molar-refractivity contribution in [3.63, 3.8) is 0 Å². The first-order chi connectivity index (χ1) is 13.2. The minimum absolute atomic E-state index is 0.164. The van der Waals surface area contributed by atoms with Gasteiger partial charge in [-0.15, -0.1) is 0 Å². The van der Waals surface area contributed by atoms with Crippen LogP contribution in [0.25, 0.3) is 0 Å². The van der Waals surface area contributed by atoms with Crippen LogP contribution < -0.4 is 9.47 Å². The molecule has 0 saturated carbocycles. The van der Waals surface area contributed by atoms with Crippen molar-refractivity contribution in [2.24, 2.45) is 0 Å². The van der Waals surface area contributed by atoms with Gasteiger partial charge >= 0.3 is 12.1 Å². The average Bonchev–Trinajstić information content (AvgIpc) is 2.63. The van der Waals surface area contributed by atoms with Gasteiger partial charge in [0.15, 0.2) is 11.5 Å². The van der Waals surface area contributed by atoms with Gasteiger partial charge in [-0.3, -0.25) is 0 Å². The molecule has 0 saturated heterocycles. The Labute approximate surface area is 171 Å². The molecular weight excluding hydrogens is 378 g/mol. The Morgan fingerprint density at radius 1 is 0.929 bits per heavy atom. The lowest BCUT2D eigenvalue weighted by atomic mass is 9.87. The van der Waals surface area contributed by atoms with E-state index in [0.717, 1.165) is 5.56 Å². The molecule has 0 aliphatic heterocycles. The molecule has 0 bridgehead atoms. The first-order valence-electron chi connectivity index (χ1n) is 9.24. The summed E-state index contributed by atoms with van der Waals surface area (Å²) in [5.74, 6) is -0.150. The third kappa shape index (κ3) is 5.49. The van der Waals surface area contributed by atoms with Gasteiger partial charge in [-0.2, -0.15) is 0 Å². The second-order valence-electron chi connectivity index (χ2n) is 7.35. The number of carbonyl (C=O) groups excluding carboxylic acids is 2. The number of hydrogen-bond donors (Lipinski definition) is 0. The van der Waals surface area contributed by atoms with Crippen LogP contribution in [0.2, 0.25) is 5.02 Å². The minimum Gasteiger partial charge on any atom is -0.419 e. The van der Waals surface area contributed by atoms with Crippen molar-refractivity contribution in [2.45, 2.75) is 40.0 Å². The first-order valence-corrected chi connectivity index (χ1v) is 9.62. The monoisotopic (exact) mass is 403 g/mol. The van der Waals surface area contributed by atoms with Crippen molar-refractivity contribution in [1.82, 2.24) is 4.90 Å². The topological polar surface area (TPSA) is 55.8 Å². The molecule has 5 nitrogen and oxygen atoms in total. The smallest absolute Gasteiger partial charge is 0.415 e. The lowest BCUT2D eigenvalue weighted by Crippen LogP contribution is -2.33. The Kier molecular flexibility index (Phi) is 7.08. The molecule has 2 aromatic carbocycles. The van der Waals surface area contributed by atoms with Crippen molar-refractivity contribution < 1.29 is 19.1 Å². The van der Waals surface area contributed by atoms with Gasteiger partial charge in [0, 0.05) is 18.1 Å². The van der Waals surface area contributed by atoms with Gasteiger partial charge in [0.2, 0.25) is 0 Å². The molecule has 0 N–H and O–H groups in total. The number of carbonyl (C=O) groups is 2. The number of amides is 1. The molecule has 0 radical (unpaired) electrons. The maximum Gasteiger partial charge on any atom is 0.415 e. The van der Waals surface area contributed by atoms with Crippen LogP contribution in [0, 0.1) is 0 Å². The zero-order chi connectivity index (χ0) is 20.9. The summed E-state index contributed by atoms with van der Waals surface area (Å²) in [4.78, 5) is 26.4. The highest BCUT2D eigenvalue weighted by molar-refractivity contribution is 6.30. The molecule has 0 spiro atoms. The van der Waals surface area contributed by atoms with E-state index in [2.05, 4.69) is 20.8 Å². The van der Waals surface area contributed by atoms with Gasteiger partial charge in [0.05, 0.1) is 5.56 Å². The summed E-state index contributed by atoms with van der Waals surface area (Å²) in [7, 11) is 0. The molecule has 2 aromatic rings. The number of hydrogen-bond acceptors (Lipinski definition) is 4. The molecule has 1 amide bonds. The standard InChI is InChI=1S/C22H26ClNO4/c1-6-24(7-2)21(26)28-18-13-10-16(22(3,4)5)14-19(18)27-20(25)15-8-11-17(23)12-9-15/h8-14H,6-7H2,1-5H3. The van der Waals surface area contributed by atoms with Crippen LogP contribution in [-0.2, 0) is 5.41 Å². The van der Waals surface area contributed by atoms with Crippen molar-refractivity contribution >= 4 is 23.7 Å².